The summed E-state index contributed by atoms with van der Waals surface area (Å²) in [6, 6.07) is 8.23. The number of thiazole rings is 1. The zero-order chi connectivity index (χ0) is 25.7. The molecule has 14 heteroatoms. The van der Waals surface area contributed by atoms with Crippen LogP contribution in [0.5, 0.6) is 0 Å². The maximum Gasteiger partial charge on any atom is 0.309 e. The van der Waals surface area contributed by atoms with Gasteiger partial charge in [0.25, 0.3) is 0 Å². The average molecular weight is 543 g/mol. The summed E-state index contributed by atoms with van der Waals surface area (Å²) in [4.78, 5) is 26.4. The van der Waals surface area contributed by atoms with Crippen molar-refractivity contribution >= 4 is 50.1 Å². The Hall–Kier alpha value is -3.46. The lowest BCUT2D eigenvalue weighted by molar-refractivity contribution is 0.248. The summed E-state index contributed by atoms with van der Waals surface area (Å²) in [5.41, 5.74) is 7.61. The molecule has 5 heterocycles. The predicted octanol–water partition coefficient (Wildman–Crippen LogP) is 2.04. The van der Waals surface area contributed by atoms with Gasteiger partial charge in [-0.1, -0.05) is 11.3 Å². The highest BCUT2D eigenvalue weighted by atomic mass is 32.2. The van der Waals surface area contributed by atoms with Gasteiger partial charge in [-0.05, 0) is 35.4 Å². The van der Waals surface area contributed by atoms with Gasteiger partial charge >= 0.3 is 4.87 Å². The maximum absolute atomic E-state index is 14.6. The molecule has 4 aromatic heterocycles. The predicted molar refractivity (Wildman–Crippen MR) is 140 cm³/mol. The lowest BCUT2D eigenvalue weighted by Gasteiger charge is -2.36. The molecule has 0 radical (unpaired) electrons. The molecule has 0 bridgehead atoms. The van der Waals surface area contributed by atoms with E-state index in [9.17, 15) is 13.7 Å². The molecule has 0 spiro atoms. The average Bonchev–Trinajstić information content (AvgIpc) is 3.62. The number of halogens is 1. The number of piperazine rings is 1. The molecule has 37 heavy (non-hydrogen) atoms. The van der Waals surface area contributed by atoms with E-state index >= 15 is 0 Å². The fourth-order valence-electron chi connectivity index (χ4n) is 4.51. The number of furan rings is 1. The zero-order valence-electron chi connectivity index (χ0n) is 19.8. The smallest absolute Gasteiger partial charge is 0.309 e. The van der Waals surface area contributed by atoms with Gasteiger partial charge < -0.3 is 19.6 Å². The number of nitrogens with two attached hydrogens (primary N) is 1. The molecule has 2 N–H and O–H groups in total. The Morgan fingerprint density at radius 1 is 1.16 bits per heavy atom. The van der Waals surface area contributed by atoms with Crippen LogP contribution in [0, 0.1) is 5.82 Å². The second-order valence-electron chi connectivity index (χ2n) is 8.69. The van der Waals surface area contributed by atoms with E-state index in [0.29, 0.717) is 77.4 Å². The Morgan fingerprint density at radius 3 is 2.68 bits per heavy atom. The molecule has 192 valence electrons. The summed E-state index contributed by atoms with van der Waals surface area (Å²) in [6.45, 7) is 3.79. The SMILES string of the molecule is C[S@+]([O-])c1ccc(N2CCN(CCn3c(=O)sc4c3nc(N)n3nc(-c5ccco5)nc43)CC2)c(F)c1. The molecule has 0 saturated carbocycles. The highest BCUT2D eigenvalue weighted by Crippen LogP contribution is 2.26. The van der Waals surface area contributed by atoms with E-state index in [4.69, 9.17) is 10.2 Å². The first-order chi connectivity index (χ1) is 17.9. The topological polar surface area (TPSA) is 134 Å². The third kappa shape index (κ3) is 4.35. The monoisotopic (exact) mass is 542 g/mol. The first kappa shape index (κ1) is 23.9. The Bertz CT molecular complexity index is 1640. The van der Waals surface area contributed by atoms with Crippen molar-refractivity contribution in [3.8, 4) is 11.6 Å². The maximum atomic E-state index is 14.6. The number of anilines is 2. The molecule has 1 aliphatic rings. The molecule has 1 atom stereocenters. The summed E-state index contributed by atoms with van der Waals surface area (Å²) in [5, 5.41) is 4.38. The van der Waals surface area contributed by atoms with E-state index in [1.165, 1.54) is 23.1 Å². The number of fused-ring (bicyclic) bond motifs is 3. The Labute approximate surface area is 217 Å². The molecule has 1 saturated heterocycles. The van der Waals surface area contributed by atoms with Crippen molar-refractivity contribution in [2.45, 2.75) is 11.4 Å². The normalized spacial score (nSPS) is 15.7. The summed E-state index contributed by atoms with van der Waals surface area (Å²) in [7, 11) is 0. The van der Waals surface area contributed by atoms with Gasteiger partial charge in [0.15, 0.2) is 27.8 Å². The van der Waals surface area contributed by atoms with Crippen molar-refractivity contribution in [2.75, 3.05) is 49.6 Å². The third-order valence-corrected chi connectivity index (χ3v) is 8.34. The van der Waals surface area contributed by atoms with Crippen LogP contribution >= 0.6 is 11.3 Å². The lowest BCUT2D eigenvalue weighted by atomic mass is 10.2. The highest BCUT2D eigenvalue weighted by Gasteiger charge is 2.23. The van der Waals surface area contributed by atoms with E-state index in [2.05, 4.69) is 20.0 Å². The molecule has 11 nitrogen and oxygen atoms in total. The standard InChI is InChI=1S/C23H23FN8O3S2/c1-37(34)14-4-5-16(15(24)13-14)30-9-6-29(7-10-30)8-11-31-20-18(36-23(31)33)21-26-19(17-3-2-12-35-17)28-32(21)22(25)27-20/h2-5,12-13H,6-11H2,1H3,(H2,25,27)/t37-/m0/s1. The third-order valence-electron chi connectivity index (χ3n) is 6.46. The molecule has 5 aromatic rings. The van der Waals surface area contributed by atoms with Crippen LogP contribution in [-0.2, 0) is 17.7 Å². The van der Waals surface area contributed by atoms with Crippen LogP contribution < -0.4 is 15.5 Å². The van der Waals surface area contributed by atoms with Crippen molar-refractivity contribution in [2.24, 2.45) is 0 Å². The van der Waals surface area contributed by atoms with Crippen LogP contribution in [-0.4, -0.2) is 72.6 Å². The highest BCUT2D eigenvalue weighted by molar-refractivity contribution is 7.90. The van der Waals surface area contributed by atoms with Crippen molar-refractivity contribution < 1.29 is 13.4 Å². The van der Waals surface area contributed by atoms with Crippen LogP contribution in [0.4, 0.5) is 16.0 Å². The lowest BCUT2D eigenvalue weighted by Crippen LogP contribution is -2.47. The molecule has 1 fully saturated rings. The van der Waals surface area contributed by atoms with Gasteiger partial charge in [-0.25, -0.2) is 9.37 Å². The Morgan fingerprint density at radius 2 is 1.97 bits per heavy atom. The van der Waals surface area contributed by atoms with E-state index < -0.39 is 11.2 Å². The minimum atomic E-state index is -1.22. The number of rotatable bonds is 6. The number of benzene rings is 1. The molecular formula is C23H23FN8O3S2. The fraction of sp³-hybridized carbons (Fsp3) is 0.304. The first-order valence-corrected chi connectivity index (χ1v) is 14.0. The van der Waals surface area contributed by atoms with Crippen LogP contribution in [0.15, 0.2) is 50.7 Å². The molecule has 1 aromatic carbocycles. The number of nitrogens with zero attached hydrogens (tertiary/aromatic N) is 7. The first-order valence-electron chi connectivity index (χ1n) is 11.6. The van der Waals surface area contributed by atoms with Crippen molar-refractivity contribution in [3.63, 3.8) is 0 Å². The molecule has 1 aliphatic heterocycles. The van der Waals surface area contributed by atoms with Gasteiger partial charge in [0.05, 0.1) is 12.0 Å². The zero-order valence-corrected chi connectivity index (χ0v) is 21.5. The summed E-state index contributed by atoms with van der Waals surface area (Å²) in [5.74, 6) is 0.632. The second-order valence-corrected chi connectivity index (χ2v) is 11.0. The molecule has 0 unspecified atom stereocenters. The largest absolute Gasteiger partial charge is 0.612 e. The van der Waals surface area contributed by atoms with Gasteiger partial charge in [0.1, 0.15) is 11.0 Å². The quantitative estimate of drug-likeness (QED) is 0.320. The van der Waals surface area contributed by atoms with Crippen molar-refractivity contribution in [1.82, 2.24) is 29.0 Å². The summed E-state index contributed by atoms with van der Waals surface area (Å²) >= 11 is -0.161. The van der Waals surface area contributed by atoms with Crippen molar-refractivity contribution in [3.05, 3.63) is 52.1 Å². The van der Waals surface area contributed by atoms with E-state index in [0.717, 1.165) is 11.3 Å². The molecule has 0 aliphatic carbocycles. The number of hydrogen-bond acceptors (Lipinski definition) is 10. The Kier molecular flexibility index (Phi) is 6.10. The van der Waals surface area contributed by atoms with Gasteiger partial charge in [-0.15, -0.1) is 5.10 Å². The van der Waals surface area contributed by atoms with Crippen LogP contribution in [0.2, 0.25) is 0 Å². The van der Waals surface area contributed by atoms with Gasteiger partial charge in [0.2, 0.25) is 11.8 Å². The van der Waals surface area contributed by atoms with Crippen molar-refractivity contribution in [1.29, 1.82) is 0 Å². The van der Waals surface area contributed by atoms with Crippen LogP contribution in [0.1, 0.15) is 0 Å². The minimum absolute atomic E-state index is 0.132. The molecule has 0 amide bonds. The van der Waals surface area contributed by atoms with Gasteiger partial charge in [-0.3, -0.25) is 14.3 Å². The fourth-order valence-corrected chi connectivity index (χ4v) is 5.97. The second kappa shape index (κ2) is 9.45. The number of hydrogen-bond donors (Lipinski definition) is 1. The minimum Gasteiger partial charge on any atom is -0.612 e. The van der Waals surface area contributed by atoms with E-state index in [1.807, 2.05) is 4.90 Å². The van der Waals surface area contributed by atoms with E-state index in [1.54, 1.807) is 28.8 Å². The van der Waals surface area contributed by atoms with Crippen LogP contribution in [0.25, 0.3) is 27.6 Å². The van der Waals surface area contributed by atoms with Gasteiger partial charge in [0, 0.05) is 45.3 Å². The Balaban J connectivity index is 1.18. The number of nitrogen functional groups attached to an aromatic ring is 1. The molecule has 6 rings (SSSR count). The summed E-state index contributed by atoms with van der Waals surface area (Å²) < 4.78 is 35.2. The number of aromatic nitrogens is 5. The van der Waals surface area contributed by atoms with Crippen LogP contribution in [0.3, 0.4) is 0 Å². The summed E-state index contributed by atoms with van der Waals surface area (Å²) in [6.07, 6.45) is 3.07. The van der Waals surface area contributed by atoms with E-state index in [-0.39, 0.29) is 16.6 Å². The molecular weight excluding hydrogens is 519 g/mol. The van der Waals surface area contributed by atoms with Gasteiger partial charge in [-0.2, -0.15) is 9.50 Å².